The zero-order valence-electron chi connectivity index (χ0n) is 14.0. The van der Waals surface area contributed by atoms with E-state index in [9.17, 15) is 9.90 Å². The number of nitrogens with zero attached hydrogens (tertiary/aromatic N) is 1. The summed E-state index contributed by atoms with van der Waals surface area (Å²) in [6.07, 6.45) is 2.51. The van der Waals surface area contributed by atoms with E-state index >= 15 is 0 Å². The van der Waals surface area contributed by atoms with Gasteiger partial charge in [0.05, 0.1) is 19.2 Å². The highest BCUT2D eigenvalue weighted by Gasteiger charge is 2.06. The summed E-state index contributed by atoms with van der Waals surface area (Å²) in [5.41, 5.74) is 5.02. The minimum atomic E-state index is -0.215. The number of phenolic OH excluding ortho intramolecular Hbond substituents is 1. The lowest BCUT2D eigenvalue weighted by Crippen LogP contribution is -2.19. The predicted octanol–water partition coefficient (Wildman–Crippen LogP) is 3.18. The maximum absolute atomic E-state index is 11.9. The van der Waals surface area contributed by atoms with E-state index in [2.05, 4.69) is 10.5 Å². The van der Waals surface area contributed by atoms with E-state index in [1.807, 2.05) is 38.1 Å². The number of phenols is 1. The molecule has 5 nitrogen and oxygen atoms in total. The van der Waals surface area contributed by atoms with Gasteiger partial charge in [0, 0.05) is 5.56 Å². The van der Waals surface area contributed by atoms with Crippen molar-refractivity contribution in [1.82, 2.24) is 5.43 Å². The Balaban J connectivity index is 1.93. The van der Waals surface area contributed by atoms with E-state index in [-0.39, 0.29) is 18.1 Å². The van der Waals surface area contributed by atoms with Gasteiger partial charge >= 0.3 is 0 Å². The Morgan fingerprint density at radius 3 is 2.71 bits per heavy atom. The number of hydrazone groups is 1. The van der Waals surface area contributed by atoms with E-state index in [1.54, 1.807) is 18.2 Å². The maximum atomic E-state index is 11.9. The first-order valence-corrected chi connectivity index (χ1v) is 7.92. The molecule has 0 bridgehead atoms. The lowest BCUT2D eigenvalue weighted by Gasteiger charge is -2.08. The molecule has 0 fully saturated rings. The molecule has 5 heteroatoms. The molecular weight excluding hydrogens is 304 g/mol. The third kappa shape index (κ3) is 5.12. The Morgan fingerprint density at radius 2 is 2.00 bits per heavy atom. The van der Waals surface area contributed by atoms with Crippen LogP contribution in [0.15, 0.2) is 47.6 Å². The number of benzene rings is 2. The average Bonchev–Trinajstić information content (AvgIpc) is 2.57. The fourth-order valence-electron chi connectivity index (χ4n) is 2.08. The normalized spacial score (nSPS) is 10.8. The first kappa shape index (κ1) is 17.5. The summed E-state index contributed by atoms with van der Waals surface area (Å²) in [6, 6.07) is 12.9. The molecule has 0 aliphatic carbocycles. The number of carbonyl (C=O) groups is 1. The zero-order chi connectivity index (χ0) is 17.4. The van der Waals surface area contributed by atoms with Gasteiger partial charge in [0.1, 0.15) is 0 Å². The molecule has 0 spiro atoms. The summed E-state index contributed by atoms with van der Waals surface area (Å²) in [4.78, 5) is 11.9. The van der Waals surface area contributed by atoms with Crippen LogP contribution in [0.5, 0.6) is 11.5 Å². The van der Waals surface area contributed by atoms with Crippen molar-refractivity contribution >= 4 is 12.1 Å². The van der Waals surface area contributed by atoms with Crippen LogP contribution < -0.4 is 10.2 Å². The predicted molar refractivity (Wildman–Crippen MR) is 94.5 cm³/mol. The second-order valence-corrected chi connectivity index (χ2v) is 5.50. The van der Waals surface area contributed by atoms with E-state index < -0.39 is 0 Å². The Labute approximate surface area is 142 Å². The number of carbonyl (C=O) groups excluding carboxylic acids is 1. The Morgan fingerprint density at radius 1 is 1.25 bits per heavy atom. The molecule has 0 aliphatic rings. The third-order valence-corrected chi connectivity index (χ3v) is 3.37. The summed E-state index contributed by atoms with van der Waals surface area (Å²) in [5, 5.41) is 14.0. The van der Waals surface area contributed by atoms with Crippen molar-refractivity contribution in [3.8, 4) is 11.5 Å². The number of hydrogen-bond donors (Lipinski definition) is 2. The van der Waals surface area contributed by atoms with Gasteiger partial charge in [-0.3, -0.25) is 4.79 Å². The Hall–Kier alpha value is -2.82. The largest absolute Gasteiger partial charge is 0.504 e. The Kier molecular flexibility index (Phi) is 6.37. The van der Waals surface area contributed by atoms with Crippen molar-refractivity contribution in [2.75, 3.05) is 6.61 Å². The number of hydrogen-bond acceptors (Lipinski definition) is 4. The highest BCUT2D eigenvalue weighted by atomic mass is 16.5. The molecule has 0 atom stereocenters. The lowest BCUT2D eigenvalue weighted by molar-refractivity contribution is -0.120. The molecule has 0 saturated heterocycles. The van der Waals surface area contributed by atoms with E-state index in [0.29, 0.717) is 17.9 Å². The zero-order valence-corrected chi connectivity index (χ0v) is 14.0. The average molecular weight is 326 g/mol. The minimum Gasteiger partial charge on any atom is -0.504 e. The van der Waals surface area contributed by atoms with Gasteiger partial charge in [-0.25, -0.2) is 5.43 Å². The molecule has 0 aromatic heterocycles. The van der Waals surface area contributed by atoms with Crippen LogP contribution in [0.2, 0.25) is 0 Å². The number of aryl methyl sites for hydroxylation is 1. The molecule has 24 heavy (non-hydrogen) atoms. The van der Waals surface area contributed by atoms with E-state index in [0.717, 1.165) is 17.5 Å². The van der Waals surface area contributed by atoms with E-state index in [1.165, 1.54) is 6.21 Å². The molecule has 2 aromatic carbocycles. The molecule has 2 aromatic rings. The first-order chi connectivity index (χ1) is 11.6. The van der Waals surface area contributed by atoms with Gasteiger partial charge in [-0.2, -0.15) is 5.10 Å². The van der Waals surface area contributed by atoms with Crippen molar-refractivity contribution in [2.24, 2.45) is 5.10 Å². The van der Waals surface area contributed by atoms with Crippen molar-refractivity contribution in [1.29, 1.82) is 0 Å². The number of rotatable bonds is 7. The quantitative estimate of drug-likeness (QED) is 0.606. The second-order valence-electron chi connectivity index (χ2n) is 5.50. The highest BCUT2D eigenvalue weighted by molar-refractivity contribution is 5.86. The number of para-hydroxylation sites is 1. The van der Waals surface area contributed by atoms with E-state index in [4.69, 9.17) is 4.74 Å². The van der Waals surface area contributed by atoms with Gasteiger partial charge in [-0.1, -0.05) is 42.8 Å². The van der Waals surface area contributed by atoms with Gasteiger partial charge in [0.15, 0.2) is 11.5 Å². The monoisotopic (exact) mass is 326 g/mol. The van der Waals surface area contributed by atoms with Crippen molar-refractivity contribution in [2.45, 2.75) is 26.7 Å². The minimum absolute atomic E-state index is 0.0162. The van der Waals surface area contributed by atoms with Crippen molar-refractivity contribution < 1.29 is 14.6 Å². The Bertz CT molecular complexity index is 709. The summed E-state index contributed by atoms with van der Waals surface area (Å²) in [5.74, 6) is 0.210. The van der Waals surface area contributed by atoms with Crippen LogP contribution in [0.1, 0.15) is 30.0 Å². The molecule has 0 aliphatic heterocycles. The van der Waals surface area contributed by atoms with Crippen molar-refractivity contribution in [3.63, 3.8) is 0 Å². The SMILES string of the molecule is CCCOc1cccc(/C=N/NC(=O)Cc2ccc(C)cc2)c1O. The lowest BCUT2D eigenvalue weighted by atomic mass is 10.1. The van der Waals surface area contributed by atoms with Gasteiger partial charge in [-0.15, -0.1) is 0 Å². The smallest absolute Gasteiger partial charge is 0.244 e. The van der Waals surface area contributed by atoms with Crippen LogP contribution >= 0.6 is 0 Å². The van der Waals surface area contributed by atoms with Crippen LogP contribution in [0.25, 0.3) is 0 Å². The fourth-order valence-corrected chi connectivity index (χ4v) is 2.08. The molecular formula is C19H22N2O3. The number of amides is 1. The number of nitrogens with one attached hydrogen (secondary N) is 1. The first-order valence-electron chi connectivity index (χ1n) is 7.92. The van der Waals surface area contributed by atoms with Gasteiger partial charge in [-0.05, 0) is 31.0 Å². The van der Waals surface area contributed by atoms with Crippen LogP contribution in [-0.2, 0) is 11.2 Å². The number of aromatic hydroxyl groups is 1. The second kappa shape index (κ2) is 8.72. The molecule has 126 valence electrons. The van der Waals surface area contributed by atoms with Gasteiger partial charge < -0.3 is 9.84 Å². The molecule has 1 amide bonds. The molecule has 0 saturated carbocycles. The molecule has 0 heterocycles. The van der Waals surface area contributed by atoms with Crippen LogP contribution in [0.4, 0.5) is 0 Å². The maximum Gasteiger partial charge on any atom is 0.244 e. The molecule has 0 unspecified atom stereocenters. The standard InChI is InChI=1S/C19H22N2O3/c1-3-11-24-17-6-4-5-16(19(17)23)13-20-21-18(22)12-15-9-7-14(2)8-10-15/h4-10,13,23H,3,11-12H2,1-2H3,(H,21,22)/b20-13+. The highest BCUT2D eigenvalue weighted by Crippen LogP contribution is 2.28. The van der Waals surface area contributed by atoms with Crippen LogP contribution in [-0.4, -0.2) is 23.8 Å². The summed E-state index contributed by atoms with van der Waals surface area (Å²) in [7, 11) is 0. The molecule has 0 radical (unpaired) electrons. The van der Waals surface area contributed by atoms with Crippen LogP contribution in [0, 0.1) is 6.92 Å². The van der Waals surface area contributed by atoms with Crippen molar-refractivity contribution in [3.05, 3.63) is 59.2 Å². The molecule has 2 rings (SSSR count). The third-order valence-electron chi connectivity index (χ3n) is 3.37. The molecule has 2 N–H and O–H groups in total. The van der Waals surface area contributed by atoms with Gasteiger partial charge in [0.25, 0.3) is 0 Å². The summed E-state index contributed by atoms with van der Waals surface area (Å²) >= 11 is 0. The van der Waals surface area contributed by atoms with Gasteiger partial charge in [0.2, 0.25) is 5.91 Å². The number of ether oxygens (including phenoxy) is 1. The summed E-state index contributed by atoms with van der Waals surface area (Å²) in [6.45, 7) is 4.52. The summed E-state index contributed by atoms with van der Waals surface area (Å²) < 4.78 is 5.44. The fraction of sp³-hybridized carbons (Fsp3) is 0.263. The van der Waals surface area contributed by atoms with Crippen LogP contribution in [0.3, 0.4) is 0 Å². The topological polar surface area (TPSA) is 70.9 Å².